The van der Waals surface area contributed by atoms with Crippen LogP contribution >= 0.6 is 22.9 Å². The van der Waals surface area contributed by atoms with E-state index in [4.69, 9.17) is 11.6 Å². The highest BCUT2D eigenvalue weighted by atomic mass is 35.5. The van der Waals surface area contributed by atoms with E-state index in [2.05, 4.69) is 4.98 Å². The maximum atomic E-state index is 13.6. The Morgan fingerprint density at radius 2 is 1.93 bits per heavy atom. The zero-order valence-electron chi connectivity index (χ0n) is 15.8. The molecule has 0 radical (unpaired) electrons. The number of thiazole rings is 1. The predicted molar refractivity (Wildman–Crippen MR) is 116 cm³/mol. The molecule has 0 unspecified atom stereocenters. The second kappa shape index (κ2) is 8.34. The Hall–Kier alpha value is -2.47. The van der Waals surface area contributed by atoms with E-state index in [-0.39, 0.29) is 10.5 Å². The molecule has 0 aliphatic carbocycles. The third-order valence-electron chi connectivity index (χ3n) is 5.12. The molecule has 1 fully saturated rings. The van der Waals surface area contributed by atoms with E-state index in [1.54, 1.807) is 18.2 Å². The maximum Gasteiger partial charge on any atom is 0.185 e. The molecule has 30 heavy (non-hydrogen) atoms. The Kier molecular flexibility index (Phi) is 5.78. The van der Waals surface area contributed by atoms with Crippen molar-refractivity contribution in [3.63, 3.8) is 0 Å². The first-order valence-electron chi connectivity index (χ1n) is 9.28. The van der Waals surface area contributed by atoms with Crippen molar-refractivity contribution in [1.82, 2.24) is 4.98 Å². The number of aromatic nitrogens is 1. The minimum Gasteiger partial charge on any atom is -0.348 e. The van der Waals surface area contributed by atoms with Gasteiger partial charge in [-0.05, 0) is 43.2 Å². The van der Waals surface area contributed by atoms with E-state index < -0.39 is 20.9 Å². The van der Waals surface area contributed by atoms with Crippen molar-refractivity contribution in [1.29, 1.82) is 5.26 Å². The third kappa shape index (κ3) is 4.06. The normalized spacial score (nSPS) is 15.2. The number of nitrogens with zero attached hydrogens (tertiary/aromatic N) is 3. The van der Waals surface area contributed by atoms with Crippen LogP contribution in [0.2, 0.25) is 5.02 Å². The van der Waals surface area contributed by atoms with Gasteiger partial charge < -0.3 is 4.90 Å². The summed E-state index contributed by atoms with van der Waals surface area (Å²) < 4.78 is 39.7. The molecule has 154 valence electrons. The molecule has 9 heteroatoms. The summed E-state index contributed by atoms with van der Waals surface area (Å²) >= 11 is 7.37. The Morgan fingerprint density at radius 1 is 1.20 bits per heavy atom. The topological polar surface area (TPSA) is 74.1 Å². The van der Waals surface area contributed by atoms with Gasteiger partial charge in [0.25, 0.3) is 0 Å². The van der Waals surface area contributed by atoms with E-state index in [0.29, 0.717) is 42.2 Å². The first-order chi connectivity index (χ1) is 14.4. The number of hydrogen-bond acceptors (Lipinski definition) is 6. The van der Waals surface area contributed by atoms with Crippen molar-refractivity contribution in [2.45, 2.75) is 23.0 Å². The summed E-state index contributed by atoms with van der Waals surface area (Å²) in [6.45, 7) is 1.07. The van der Waals surface area contributed by atoms with Crippen LogP contribution in [0.1, 0.15) is 18.4 Å². The maximum absolute atomic E-state index is 13.6. The van der Waals surface area contributed by atoms with E-state index in [1.807, 2.05) is 16.3 Å². The molecule has 1 aromatic heterocycles. The summed E-state index contributed by atoms with van der Waals surface area (Å²) in [5.41, 5.74) is 1.42. The van der Waals surface area contributed by atoms with Gasteiger partial charge >= 0.3 is 0 Å². The standard InChI is InChI=1S/C21H17ClFN3O2S2/c22-16-9-15(10-17(23)11-16)19-13-29-21(25-19)26-7-5-18(6-8-26)30(27,28)20-4-2-1-3-14(20)12-24/h1-4,9-11,13,18H,5-8H2. The van der Waals surface area contributed by atoms with Gasteiger partial charge in [0.2, 0.25) is 0 Å². The zero-order valence-corrected chi connectivity index (χ0v) is 18.1. The second-order valence-electron chi connectivity index (χ2n) is 7.01. The van der Waals surface area contributed by atoms with Gasteiger partial charge in [-0.15, -0.1) is 11.3 Å². The van der Waals surface area contributed by atoms with Crippen LogP contribution in [0.25, 0.3) is 11.3 Å². The number of piperidine rings is 1. The zero-order chi connectivity index (χ0) is 21.3. The summed E-state index contributed by atoms with van der Waals surface area (Å²) in [7, 11) is -3.58. The fraction of sp³-hybridized carbons (Fsp3) is 0.238. The predicted octanol–water partition coefficient (Wildman–Crippen LogP) is 4.92. The Morgan fingerprint density at radius 3 is 2.63 bits per heavy atom. The lowest BCUT2D eigenvalue weighted by Crippen LogP contribution is -2.39. The van der Waals surface area contributed by atoms with E-state index in [1.165, 1.54) is 35.6 Å². The molecule has 1 saturated heterocycles. The van der Waals surface area contributed by atoms with E-state index >= 15 is 0 Å². The molecule has 3 aromatic rings. The molecular formula is C21H17ClFN3O2S2. The number of rotatable bonds is 4. The summed E-state index contributed by atoms with van der Waals surface area (Å²) in [5.74, 6) is -0.421. The largest absolute Gasteiger partial charge is 0.348 e. The highest BCUT2D eigenvalue weighted by Gasteiger charge is 2.33. The van der Waals surface area contributed by atoms with Gasteiger partial charge in [-0.25, -0.2) is 17.8 Å². The van der Waals surface area contributed by atoms with Gasteiger partial charge in [-0.1, -0.05) is 23.7 Å². The molecular weight excluding hydrogens is 445 g/mol. The average Bonchev–Trinajstić information content (AvgIpc) is 3.23. The lowest BCUT2D eigenvalue weighted by molar-refractivity contribution is 0.529. The number of halogens is 2. The molecule has 0 bridgehead atoms. The molecule has 5 nitrogen and oxygen atoms in total. The van der Waals surface area contributed by atoms with Gasteiger partial charge in [0.15, 0.2) is 15.0 Å². The quantitative estimate of drug-likeness (QED) is 0.551. The molecule has 2 heterocycles. The number of hydrogen-bond donors (Lipinski definition) is 0. The first-order valence-corrected chi connectivity index (χ1v) is 12.1. The van der Waals surface area contributed by atoms with Crippen LogP contribution in [0.4, 0.5) is 9.52 Å². The third-order valence-corrected chi connectivity index (χ3v) is 8.55. The van der Waals surface area contributed by atoms with Gasteiger partial charge in [-0.3, -0.25) is 0 Å². The summed E-state index contributed by atoms with van der Waals surface area (Å²) in [6.07, 6.45) is 0.894. The van der Waals surface area contributed by atoms with Crippen molar-refractivity contribution in [3.05, 3.63) is 64.2 Å². The smallest absolute Gasteiger partial charge is 0.185 e. The summed E-state index contributed by atoms with van der Waals surface area (Å²) in [4.78, 5) is 6.73. The number of sulfone groups is 1. The summed E-state index contributed by atoms with van der Waals surface area (Å²) in [6, 6.07) is 12.6. The fourth-order valence-electron chi connectivity index (χ4n) is 3.59. The molecule has 4 rings (SSSR count). The number of nitriles is 1. The van der Waals surface area contributed by atoms with Gasteiger partial charge in [0.05, 0.1) is 21.4 Å². The molecule has 0 amide bonds. The summed E-state index contributed by atoms with van der Waals surface area (Å²) in [5, 5.41) is 11.6. The van der Waals surface area contributed by atoms with Crippen LogP contribution in [0.15, 0.2) is 52.7 Å². The Labute approximate surface area is 183 Å². The number of anilines is 1. The monoisotopic (exact) mass is 461 g/mol. The van der Waals surface area contributed by atoms with Crippen LogP contribution in [0, 0.1) is 17.1 Å². The van der Waals surface area contributed by atoms with Gasteiger partial charge in [0.1, 0.15) is 11.9 Å². The minimum absolute atomic E-state index is 0.102. The fourth-order valence-corrected chi connectivity index (χ4v) is 6.58. The molecule has 2 aromatic carbocycles. The van der Waals surface area contributed by atoms with Crippen LogP contribution < -0.4 is 4.90 Å². The van der Waals surface area contributed by atoms with Crippen LogP contribution in [0.5, 0.6) is 0 Å². The Balaban J connectivity index is 1.49. The molecule has 0 saturated carbocycles. The lowest BCUT2D eigenvalue weighted by Gasteiger charge is -2.31. The van der Waals surface area contributed by atoms with Crippen molar-refractivity contribution >= 4 is 37.9 Å². The Bertz CT molecular complexity index is 1210. The van der Waals surface area contributed by atoms with E-state index in [0.717, 1.165) is 5.13 Å². The second-order valence-corrected chi connectivity index (χ2v) is 10.5. The SMILES string of the molecule is N#Cc1ccccc1S(=O)(=O)C1CCN(c2nc(-c3cc(F)cc(Cl)c3)cs2)CC1. The van der Waals surface area contributed by atoms with Crippen molar-refractivity contribution in [2.75, 3.05) is 18.0 Å². The van der Waals surface area contributed by atoms with Gasteiger partial charge in [0, 0.05) is 29.1 Å². The van der Waals surface area contributed by atoms with Crippen LogP contribution in [0.3, 0.4) is 0 Å². The molecule has 1 aliphatic rings. The molecule has 0 atom stereocenters. The lowest BCUT2D eigenvalue weighted by atomic mass is 10.1. The van der Waals surface area contributed by atoms with Crippen molar-refractivity contribution in [3.8, 4) is 17.3 Å². The van der Waals surface area contributed by atoms with Crippen molar-refractivity contribution < 1.29 is 12.8 Å². The minimum atomic E-state index is -3.58. The van der Waals surface area contributed by atoms with Crippen molar-refractivity contribution in [2.24, 2.45) is 0 Å². The van der Waals surface area contributed by atoms with Crippen LogP contribution in [-0.4, -0.2) is 31.7 Å². The van der Waals surface area contributed by atoms with Crippen LogP contribution in [-0.2, 0) is 9.84 Å². The van der Waals surface area contributed by atoms with E-state index in [9.17, 15) is 18.1 Å². The number of benzene rings is 2. The molecule has 0 N–H and O–H groups in total. The first kappa shape index (κ1) is 20.8. The van der Waals surface area contributed by atoms with Gasteiger partial charge in [-0.2, -0.15) is 5.26 Å². The molecule has 0 spiro atoms. The highest BCUT2D eigenvalue weighted by molar-refractivity contribution is 7.92. The average molecular weight is 462 g/mol. The molecule has 1 aliphatic heterocycles. The highest BCUT2D eigenvalue weighted by Crippen LogP contribution is 2.33.